The number of nitriles is 1. The number of phenols is 1. The number of hydrogen-bond acceptors (Lipinski definition) is 4. The van der Waals surface area contributed by atoms with E-state index in [1.165, 1.54) is 6.08 Å². The molecule has 0 heterocycles. The Bertz CT molecular complexity index is 912. The van der Waals surface area contributed by atoms with Crippen molar-refractivity contribution in [3.8, 4) is 17.6 Å². The normalized spacial score (nSPS) is 10.8. The van der Waals surface area contributed by atoms with E-state index in [0.29, 0.717) is 40.6 Å². The number of carbonyl (C=O) groups excluding carboxylic acids is 1. The van der Waals surface area contributed by atoms with E-state index in [-0.39, 0.29) is 11.3 Å². The topological polar surface area (TPSA) is 82.4 Å². The molecule has 6 heteroatoms. The highest BCUT2D eigenvalue weighted by atomic mass is 35.5. The second-order valence-electron chi connectivity index (χ2n) is 5.58. The van der Waals surface area contributed by atoms with E-state index in [0.717, 1.165) is 0 Å². The van der Waals surface area contributed by atoms with Crippen LogP contribution in [0.4, 0.5) is 5.69 Å². The van der Waals surface area contributed by atoms with Crippen LogP contribution in [0.15, 0.2) is 54.6 Å². The third kappa shape index (κ3) is 5.37. The highest BCUT2D eigenvalue weighted by molar-refractivity contribution is 6.30. The number of rotatable bonds is 7. The number of hydrogen-bond donors (Lipinski definition) is 2. The minimum atomic E-state index is -0.545. The van der Waals surface area contributed by atoms with Crippen LogP contribution >= 0.6 is 11.6 Å². The third-order valence-electron chi connectivity index (χ3n) is 3.62. The predicted molar refractivity (Wildman–Crippen MR) is 107 cm³/mol. The molecule has 0 radical (unpaired) electrons. The van der Waals surface area contributed by atoms with E-state index in [1.54, 1.807) is 49.4 Å². The molecule has 2 rings (SSSR count). The quantitative estimate of drug-likeness (QED) is 0.412. The minimum Gasteiger partial charge on any atom is -0.504 e. The molecule has 5 nitrogen and oxygen atoms in total. The SMILES string of the molecule is C=CCc1cc(/C=C(/C#N)C(=O)Nc2ccc(Cl)cc2)cc(OCC)c1O. The highest BCUT2D eigenvalue weighted by Gasteiger charge is 2.13. The van der Waals surface area contributed by atoms with Crippen molar-refractivity contribution >= 4 is 29.3 Å². The maximum Gasteiger partial charge on any atom is 0.266 e. The molecule has 0 aliphatic rings. The lowest BCUT2D eigenvalue weighted by molar-refractivity contribution is -0.112. The van der Waals surface area contributed by atoms with E-state index in [2.05, 4.69) is 11.9 Å². The number of aromatic hydroxyl groups is 1. The number of amides is 1. The Morgan fingerprint density at radius 2 is 2.07 bits per heavy atom. The van der Waals surface area contributed by atoms with Crippen LogP contribution in [0, 0.1) is 11.3 Å². The first-order valence-corrected chi connectivity index (χ1v) is 8.64. The van der Waals surface area contributed by atoms with Gasteiger partial charge in [-0.1, -0.05) is 17.7 Å². The molecule has 0 aliphatic heterocycles. The average Bonchev–Trinajstić information content (AvgIpc) is 2.65. The van der Waals surface area contributed by atoms with Gasteiger partial charge in [0.15, 0.2) is 11.5 Å². The van der Waals surface area contributed by atoms with Gasteiger partial charge in [-0.3, -0.25) is 4.79 Å². The Labute approximate surface area is 163 Å². The summed E-state index contributed by atoms with van der Waals surface area (Å²) in [5.41, 5.74) is 1.61. The number of carbonyl (C=O) groups is 1. The summed E-state index contributed by atoms with van der Waals surface area (Å²) in [4.78, 5) is 12.4. The molecule has 0 bridgehead atoms. The van der Waals surface area contributed by atoms with Crippen LogP contribution in [0.25, 0.3) is 6.08 Å². The van der Waals surface area contributed by atoms with Gasteiger partial charge in [0.05, 0.1) is 6.61 Å². The first kappa shape index (κ1) is 20.1. The van der Waals surface area contributed by atoms with Crippen molar-refractivity contribution in [2.45, 2.75) is 13.3 Å². The molecular weight excluding hydrogens is 364 g/mol. The van der Waals surface area contributed by atoms with Gasteiger partial charge >= 0.3 is 0 Å². The van der Waals surface area contributed by atoms with Crippen LogP contribution in [0.1, 0.15) is 18.1 Å². The van der Waals surface area contributed by atoms with Gasteiger partial charge in [0.1, 0.15) is 11.6 Å². The number of ether oxygens (including phenoxy) is 1. The number of benzene rings is 2. The molecule has 138 valence electrons. The number of phenolic OH excluding ortho intramolecular Hbond substituents is 1. The second kappa shape index (κ2) is 9.46. The first-order chi connectivity index (χ1) is 13.0. The van der Waals surface area contributed by atoms with Gasteiger partial charge in [-0.2, -0.15) is 5.26 Å². The lowest BCUT2D eigenvalue weighted by atomic mass is 10.0. The highest BCUT2D eigenvalue weighted by Crippen LogP contribution is 2.33. The van der Waals surface area contributed by atoms with E-state index in [9.17, 15) is 15.2 Å². The van der Waals surface area contributed by atoms with Gasteiger partial charge in [0.2, 0.25) is 0 Å². The van der Waals surface area contributed by atoms with Gasteiger partial charge in [0, 0.05) is 16.3 Å². The number of allylic oxidation sites excluding steroid dienone is 1. The summed E-state index contributed by atoms with van der Waals surface area (Å²) < 4.78 is 5.44. The maximum absolute atomic E-state index is 12.4. The van der Waals surface area contributed by atoms with Gasteiger partial charge in [-0.25, -0.2) is 0 Å². The van der Waals surface area contributed by atoms with E-state index in [4.69, 9.17) is 16.3 Å². The summed E-state index contributed by atoms with van der Waals surface area (Å²) in [5.74, 6) is -0.229. The third-order valence-corrected chi connectivity index (χ3v) is 3.87. The predicted octanol–water partition coefficient (Wildman–Crippen LogP) is 4.72. The molecule has 0 saturated carbocycles. The van der Waals surface area contributed by atoms with Gasteiger partial charge in [0.25, 0.3) is 5.91 Å². The zero-order valence-electron chi connectivity index (χ0n) is 14.8. The Balaban J connectivity index is 2.35. The Morgan fingerprint density at radius 3 is 2.67 bits per heavy atom. The van der Waals surface area contributed by atoms with Crippen LogP contribution in [-0.4, -0.2) is 17.6 Å². The molecule has 0 atom stereocenters. The summed E-state index contributed by atoms with van der Waals surface area (Å²) in [5, 5.41) is 22.8. The van der Waals surface area contributed by atoms with E-state index in [1.807, 2.05) is 6.07 Å². The minimum absolute atomic E-state index is 0.0259. The zero-order chi connectivity index (χ0) is 19.8. The molecule has 2 aromatic rings. The smallest absolute Gasteiger partial charge is 0.266 e. The Morgan fingerprint density at radius 1 is 1.37 bits per heavy atom. The van der Waals surface area contributed by atoms with Crippen molar-refractivity contribution in [1.29, 1.82) is 5.26 Å². The fourth-order valence-electron chi connectivity index (χ4n) is 2.40. The Kier molecular flexibility index (Phi) is 7.04. The summed E-state index contributed by atoms with van der Waals surface area (Å²) >= 11 is 5.82. The summed E-state index contributed by atoms with van der Waals surface area (Å²) in [6, 6.07) is 11.7. The van der Waals surface area contributed by atoms with Crippen LogP contribution in [0.5, 0.6) is 11.5 Å². The van der Waals surface area contributed by atoms with Crippen molar-refractivity contribution in [2.24, 2.45) is 0 Å². The summed E-state index contributed by atoms with van der Waals surface area (Å²) in [7, 11) is 0. The van der Waals surface area contributed by atoms with Crippen LogP contribution in [0.3, 0.4) is 0 Å². The Hall–Kier alpha value is -3.23. The molecule has 27 heavy (non-hydrogen) atoms. The molecule has 0 aliphatic carbocycles. The number of nitrogens with zero attached hydrogens (tertiary/aromatic N) is 1. The molecular formula is C21H19ClN2O3. The zero-order valence-corrected chi connectivity index (χ0v) is 15.6. The van der Waals surface area contributed by atoms with Crippen LogP contribution in [-0.2, 0) is 11.2 Å². The van der Waals surface area contributed by atoms with Gasteiger partial charge in [-0.05, 0) is 61.4 Å². The fourth-order valence-corrected chi connectivity index (χ4v) is 2.52. The van der Waals surface area contributed by atoms with Crippen molar-refractivity contribution < 1.29 is 14.6 Å². The molecule has 0 unspecified atom stereocenters. The van der Waals surface area contributed by atoms with Crippen molar-refractivity contribution in [1.82, 2.24) is 0 Å². The lowest BCUT2D eigenvalue weighted by Gasteiger charge is -2.11. The molecule has 1 amide bonds. The maximum atomic E-state index is 12.4. The molecule has 2 N–H and O–H groups in total. The number of nitrogens with one attached hydrogen (secondary N) is 1. The monoisotopic (exact) mass is 382 g/mol. The first-order valence-electron chi connectivity index (χ1n) is 8.26. The molecule has 0 fully saturated rings. The molecule has 2 aromatic carbocycles. The standard InChI is InChI=1S/C21H19ClN2O3/c1-3-5-15-10-14(12-19(20(15)25)27-4-2)11-16(13-23)21(26)24-18-8-6-17(22)7-9-18/h3,6-12,25H,1,4-5H2,2H3,(H,24,26)/b16-11-. The lowest BCUT2D eigenvalue weighted by Crippen LogP contribution is -2.13. The summed E-state index contributed by atoms with van der Waals surface area (Å²) in [6.45, 7) is 5.84. The fraction of sp³-hybridized carbons (Fsp3) is 0.143. The second-order valence-corrected chi connectivity index (χ2v) is 6.02. The molecule has 0 spiro atoms. The van der Waals surface area contributed by atoms with Gasteiger partial charge in [-0.15, -0.1) is 6.58 Å². The largest absolute Gasteiger partial charge is 0.504 e. The van der Waals surface area contributed by atoms with Crippen molar-refractivity contribution in [3.63, 3.8) is 0 Å². The van der Waals surface area contributed by atoms with Crippen LogP contribution < -0.4 is 10.1 Å². The molecule has 0 saturated heterocycles. The van der Waals surface area contributed by atoms with Gasteiger partial charge < -0.3 is 15.2 Å². The van der Waals surface area contributed by atoms with E-state index >= 15 is 0 Å². The van der Waals surface area contributed by atoms with E-state index < -0.39 is 5.91 Å². The van der Waals surface area contributed by atoms with Crippen molar-refractivity contribution in [2.75, 3.05) is 11.9 Å². The summed E-state index contributed by atoms with van der Waals surface area (Å²) in [6.07, 6.45) is 3.52. The number of halogens is 1. The average molecular weight is 383 g/mol. The van der Waals surface area contributed by atoms with Crippen LogP contribution in [0.2, 0.25) is 5.02 Å². The number of anilines is 1. The van der Waals surface area contributed by atoms with Crippen molar-refractivity contribution in [3.05, 3.63) is 70.8 Å². The molecule has 0 aromatic heterocycles.